The first-order valence-corrected chi connectivity index (χ1v) is 5.72. The van der Waals surface area contributed by atoms with E-state index in [1.54, 1.807) is 0 Å². The number of nitrogens with zero attached hydrogens (tertiary/aromatic N) is 1. The van der Waals surface area contributed by atoms with E-state index in [0.717, 1.165) is 4.90 Å². The fraction of sp³-hybridized carbons (Fsp3) is 0.700. The molecule has 0 radical (unpaired) electrons. The molecule has 0 aromatic heterocycles. The SMILES string of the molecule is CCCOC(=O)C1CCC(=O)N1C(=O)CCl. The average molecular weight is 248 g/mol. The fourth-order valence-electron chi connectivity index (χ4n) is 1.58. The third-order valence-corrected chi connectivity index (χ3v) is 2.54. The molecule has 1 atom stereocenters. The van der Waals surface area contributed by atoms with Crippen molar-refractivity contribution < 1.29 is 19.1 Å². The molecule has 1 fully saturated rings. The molecule has 1 heterocycles. The molecule has 0 aromatic carbocycles. The molecule has 0 N–H and O–H groups in total. The minimum absolute atomic E-state index is 0.189. The van der Waals surface area contributed by atoms with Crippen molar-refractivity contribution in [1.82, 2.24) is 4.90 Å². The molecule has 0 aromatic rings. The van der Waals surface area contributed by atoms with Crippen LogP contribution in [0, 0.1) is 0 Å². The van der Waals surface area contributed by atoms with Gasteiger partial charge < -0.3 is 4.74 Å². The predicted octanol–water partition coefficient (Wildman–Crippen LogP) is 0.696. The maximum Gasteiger partial charge on any atom is 0.329 e. The number of hydrogen-bond donors (Lipinski definition) is 0. The lowest BCUT2D eigenvalue weighted by atomic mass is 10.2. The van der Waals surface area contributed by atoms with E-state index in [-0.39, 0.29) is 18.2 Å². The van der Waals surface area contributed by atoms with Crippen LogP contribution in [0.15, 0.2) is 0 Å². The van der Waals surface area contributed by atoms with Crippen molar-refractivity contribution in [2.75, 3.05) is 12.5 Å². The van der Waals surface area contributed by atoms with Gasteiger partial charge >= 0.3 is 5.97 Å². The minimum Gasteiger partial charge on any atom is -0.464 e. The Bertz CT molecular complexity index is 305. The van der Waals surface area contributed by atoms with E-state index in [2.05, 4.69) is 0 Å². The van der Waals surface area contributed by atoms with Gasteiger partial charge in [0.15, 0.2) is 0 Å². The molecule has 2 amide bonds. The van der Waals surface area contributed by atoms with Gasteiger partial charge in [-0.25, -0.2) is 4.79 Å². The third-order valence-electron chi connectivity index (χ3n) is 2.32. The molecule has 1 saturated heterocycles. The zero-order valence-electron chi connectivity index (χ0n) is 9.07. The van der Waals surface area contributed by atoms with Crippen LogP contribution < -0.4 is 0 Å². The van der Waals surface area contributed by atoms with Crippen molar-refractivity contribution in [3.8, 4) is 0 Å². The van der Waals surface area contributed by atoms with Gasteiger partial charge in [0.2, 0.25) is 11.8 Å². The summed E-state index contributed by atoms with van der Waals surface area (Å²) in [4.78, 5) is 35.3. The van der Waals surface area contributed by atoms with Crippen molar-refractivity contribution >= 4 is 29.4 Å². The van der Waals surface area contributed by atoms with Crippen LogP contribution >= 0.6 is 11.6 Å². The van der Waals surface area contributed by atoms with Gasteiger partial charge in [-0.3, -0.25) is 14.5 Å². The van der Waals surface area contributed by atoms with Gasteiger partial charge in [-0.15, -0.1) is 11.6 Å². The number of likely N-dealkylation sites (tertiary alicyclic amines) is 1. The quantitative estimate of drug-likeness (QED) is 0.542. The zero-order valence-corrected chi connectivity index (χ0v) is 9.83. The smallest absolute Gasteiger partial charge is 0.329 e. The van der Waals surface area contributed by atoms with Crippen LogP contribution in [0.25, 0.3) is 0 Å². The molecule has 1 unspecified atom stereocenters. The Labute approximate surface area is 98.7 Å². The molecule has 1 rings (SSSR count). The average Bonchev–Trinajstić information content (AvgIpc) is 2.67. The van der Waals surface area contributed by atoms with Crippen LogP contribution in [0.5, 0.6) is 0 Å². The number of imide groups is 1. The minimum atomic E-state index is -0.787. The number of esters is 1. The lowest BCUT2D eigenvalue weighted by Crippen LogP contribution is -2.44. The molecule has 0 bridgehead atoms. The van der Waals surface area contributed by atoms with Gasteiger partial charge in [0, 0.05) is 6.42 Å². The summed E-state index contributed by atoms with van der Waals surface area (Å²) in [5.41, 5.74) is 0. The number of alkyl halides is 1. The number of carbonyl (C=O) groups excluding carboxylic acids is 3. The van der Waals surface area contributed by atoms with Gasteiger partial charge in [0.05, 0.1) is 6.61 Å². The molecular formula is C10H14ClNO4. The van der Waals surface area contributed by atoms with Crippen LogP contribution in [0.4, 0.5) is 0 Å². The van der Waals surface area contributed by atoms with E-state index >= 15 is 0 Å². The molecule has 6 heteroatoms. The summed E-state index contributed by atoms with van der Waals surface area (Å²) in [7, 11) is 0. The summed E-state index contributed by atoms with van der Waals surface area (Å²) in [6.45, 7) is 2.17. The highest BCUT2D eigenvalue weighted by molar-refractivity contribution is 6.28. The molecule has 16 heavy (non-hydrogen) atoms. The van der Waals surface area contributed by atoms with E-state index in [1.165, 1.54) is 0 Å². The van der Waals surface area contributed by atoms with Gasteiger partial charge in [-0.1, -0.05) is 6.92 Å². The second-order valence-electron chi connectivity index (χ2n) is 3.51. The second kappa shape index (κ2) is 5.84. The number of halogens is 1. The van der Waals surface area contributed by atoms with Crippen LogP contribution in [0.3, 0.4) is 0 Å². The summed E-state index contributed by atoms with van der Waals surface area (Å²) in [6, 6.07) is -0.787. The molecule has 0 spiro atoms. The molecule has 5 nitrogen and oxygen atoms in total. The topological polar surface area (TPSA) is 63.7 Å². The number of carbonyl (C=O) groups is 3. The normalized spacial score (nSPS) is 20.0. The maximum atomic E-state index is 11.6. The number of ether oxygens (including phenoxy) is 1. The first kappa shape index (κ1) is 13.0. The lowest BCUT2D eigenvalue weighted by molar-refractivity contribution is -0.156. The first-order valence-electron chi connectivity index (χ1n) is 5.19. The van der Waals surface area contributed by atoms with Crippen LogP contribution in [0.1, 0.15) is 26.2 Å². The highest BCUT2D eigenvalue weighted by Crippen LogP contribution is 2.20. The molecule has 1 aliphatic rings. The summed E-state index contributed by atoms with van der Waals surface area (Å²) in [5, 5.41) is 0. The van der Waals surface area contributed by atoms with Gasteiger partial charge in [0.25, 0.3) is 0 Å². The number of rotatable bonds is 4. The molecule has 90 valence electrons. The number of amides is 2. The summed E-state index contributed by atoms with van der Waals surface area (Å²) in [5.74, 6) is -1.72. The number of hydrogen-bond acceptors (Lipinski definition) is 4. The third kappa shape index (κ3) is 2.72. The van der Waals surface area contributed by atoms with Gasteiger partial charge in [0.1, 0.15) is 11.9 Å². The summed E-state index contributed by atoms with van der Waals surface area (Å²) < 4.78 is 4.92. The van der Waals surface area contributed by atoms with Crippen molar-refractivity contribution in [3.63, 3.8) is 0 Å². The van der Waals surface area contributed by atoms with Crippen molar-refractivity contribution in [2.45, 2.75) is 32.2 Å². The molecular weight excluding hydrogens is 234 g/mol. The summed E-state index contributed by atoms with van der Waals surface area (Å²) >= 11 is 5.38. The Morgan fingerprint density at radius 2 is 2.25 bits per heavy atom. The van der Waals surface area contributed by atoms with Crippen LogP contribution in [0.2, 0.25) is 0 Å². The fourth-order valence-corrected chi connectivity index (χ4v) is 1.71. The van der Waals surface area contributed by atoms with E-state index < -0.39 is 17.9 Å². The van der Waals surface area contributed by atoms with Crippen molar-refractivity contribution in [2.24, 2.45) is 0 Å². The van der Waals surface area contributed by atoms with E-state index in [4.69, 9.17) is 16.3 Å². The highest BCUT2D eigenvalue weighted by atomic mass is 35.5. The van der Waals surface area contributed by atoms with E-state index in [1.807, 2.05) is 6.92 Å². The largest absolute Gasteiger partial charge is 0.464 e. The Balaban J connectivity index is 2.68. The molecule has 0 aliphatic carbocycles. The lowest BCUT2D eigenvalue weighted by Gasteiger charge is -2.20. The Morgan fingerprint density at radius 1 is 1.56 bits per heavy atom. The first-order chi connectivity index (χ1) is 7.61. The van der Waals surface area contributed by atoms with Crippen molar-refractivity contribution in [1.29, 1.82) is 0 Å². The standard InChI is InChI=1S/C10H14ClNO4/c1-2-5-16-10(15)7-3-4-8(13)12(7)9(14)6-11/h7H,2-6H2,1H3. The predicted molar refractivity (Wildman–Crippen MR) is 56.8 cm³/mol. The zero-order chi connectivity index (χ0) is 12.1. The Hall–Kier alpha value is -1.10. The Kier molecular flexibility index (Phi) is 4.73. The maximum absolute atomic E-state index is 11.6. The van der Waals surface area contributed by atoms with Crippen molar-refractivity contribution in [3.05, 3.63) is 0 Å². The summed E-state index contributed by atoms with van der Waals surface area (Å²) in [6.07, 6.45) is 1.22. The Morgan fingerprint density at radius 3 is 2.81 bits per heavy atom. The van der Waals surface area contributed by atoms with E-state index in [0.29, 0.717) is 19.4 Å². The second-order valence-corrected chi connectivity index (χ2v) is 3.78. The highest BCUT2D eigenvalue weighted by Gasteiger charge is 2.40. The molecule has 1 aliphatic heterocycles. The van der Waals surface area contributed by atoms with Crippen LogP contribution in [-0.2, 0) is 19.1 Å². The van der Waals surface area contributed by atoms with Gasteiger partial charge in [-0.2, -0.15) is 0 Å². The van der Waals surface area contributed by atoms with Gasteiger partial charge in [-0.05, 0) is 12.8 Å². The van der Waals surface area contributed by atoms with E-state index in [9.17, 15) is 14.4 Å². The monoisotopic (exact) mass is 247 g/mol. The van der Waals surface area contributed by atoms with Crippen LogP contribution in [-0.4, -0.2) is 41.2 Å². The molecule has 0 saturated carbocycles.